The average molecular weight is 352 g/mol. The molecular weight excluding hydrogens is 332 g/mol. The summed E-state index contributed by atoms with van der Waals surface area (Å²) in [5, 5.41) is 4.85. The third-order valence-corrected chi connectivity index (χ3v) is 6.12. The van der Waals surface area contributed by atoms with Gasteiger partial charge in [-0.05, 0) is 43.7 Å². The number of sulfonamides is 1. The van der Waals surface area contributed by atoms with Crippen molar-refractivity contribution < 1.29 is 13.2 Å². The quantitative estimate of drug-likeness (QED) is 0.660. The summed E-state index contributed by atoms with van der Waals surface area (Å²) in [6, 6.07) is 5.03. The number of fused-ring (bicyclic) bond motifs is 1. The van der Waals surface area contributed by atoms with Crippen LogP contribution in [0.5, 0.6) is 0 Å². The summed E-state index contributed by atoms with van der Waals surface area (Å²) in [6.45, 7) is 2.93. The molecule has 0 bridgehead atoms. The molecule has 1 aliphatic carbocycles. The lowest BCUT2D eigenvalue weighted by Gasteiger charge is -2.24. The number of nitroso groups, excluding NO2 is 1. The second kappa shape index (κ2) is 6.48. The van der Waals surface area contributed by atoms with Gasteiger partial charge in [-0.2, -0.15) is 5.01 Å². The molecule has 0 aromatic heterocycles. The zero-order valence-electron chi connectivity index (χ0n) is 13.4. The minimum atomic E-state index is -4.05. The number of amides is 2. The smallest absolute Gasteiger partial charge is 0.244 e. The van der Waals surface area contributed by atoms with Crippen LogP contribution in [0.1, 0.15) is 24.8 Å². The van der Waals surface area contributed by atoms with E-state index in [9.17, 15) is 18.1 Å². The van der Waals surface area contributed by atoms with Crippen molar-refractivity contribution in [1.29, 1.82) is 0 Å². The fraction of sp³-hybridized carbons (Fsp3) is 0.533. The fourth-order valence-electron chi connectivity index (χ4n) is 3.51. The number of urea groups is 1. The van der Waals surface area contributed by atoms with Crippen LogP contribution in [0.4, 0.5) is 4.79 Å². The summed E-state index contributed by atoms with van der Waals surface area (Å²) in [5.41, 5.74) is 0.903. The van der Waals surface area contributed by atoms with Gasteiger partial charge in [0.2, 0.25) is 0 Å². The number of nitrogens with zero attached hydrogens (tertiary/aromatic N) is 3. The Morgan fingerprint density at radius 2 is 1.79 bits per heavy atom. The van der Waals surface area contributed by atoms with E-state index >= 15 is 0 Å². The summed E-state index contributed by atoms with van der Waals surface area (Å²) in [6.07, 6.45) is 3.29. The summed E-state index contributed by atoms with van der Waals surface area (Å²) >= 11 is 0. The lowest BCUT2D eigenvalue weighted by atomic mass is 10.0. The molecule has 3 rings (SSSR count). The summed E-state index contributed by atoms with van der Waals surface area (Å²) in [5.74, 6) is 0.881. The normalized spacial score (nSPS) is 23.7. The molecule has 1 aromatic carbocycles. The van der Waals surface area contributed by atoms with Crippen LogP contribution in [0, 0.1) is 23.7 Å². The van der Waals surface area contributed by atoms with Crippen LogP contribution < -0.4 is 4.72 Å². The van der Waals surface area contributed by atoms with E-state index in [1.165, 1.54) is 17.1 Å². The van der Waals surface area contributed by atoms with E-state index in [1.54, 1.807) is 12.1 Å². The average Bonchev–Trinajstić information content (AvgIpc) is 3.09. The Morgan fingerprint density at radius 3 is 2.33 bits per heavy atom. The van der Waals surface area contributed by atoms with Crippen LogP contribution >= 0.6 is 0 Å². The van der Waals surface area contributed by atoms with Crippen LogP contribution in [0.25, 0.3) is 0 Å². The van der Waals surface area contributed by atoms with E-state index in [4.69, 9.17) is 0 Å². The zero-order valence-corrected chi connectivity index (χ0v) is 14.2. The van der Waals surface area contributed by atoms with Gasteiger partial charge in [-0.25, -0.2) is 17.9 Å². The minimum absolute atomic E-state index is 0.0365. The maximum absolute atomic E-state index is 12.3. The molecule has 0 radical (unpaired) electrons. The highest BCUT2D eigenvalue weighted by atomic mass is 32.2. The fourth-order valence-corrected chi connectivity index (χ4v) is 4.44. The molecule has 2 unspecified atom stereocenters. The molecule has 130 valence electrons. The Bertz CT molecular complexity index is 722. The molecule has 0 spiro atoms. The minimum Gasteiger partial charge on any atom is -0.244 e. The second-order valence-corrected chi connectivity index (χ2v) is 8.10. The van der Waals surface area contributed by atoms with Gasteiger partial charge in [0.15, 0.2) is 0 Å². The van der Waals surface area contributed by atoms with Crippen LogP contribution in [-0.2, 0) is 10.0 Å². The molecule has 1 N–H and O–H groups in total. The SMILES string of the molecule is Cc1ccc(S(=O)(=O)NC(=O)N(N=O)N2CC3CCCC3C2)cc1. The van der Waals surface area contributed by atoms with Crippen molar-refractivity contribution in [2.45, 2.75) is 31.1 Å². The molecule has 2 atom stereocenters. The maximum Gasteiger partial charge on any atom is 0.369 e. The number of carbonyl (C=O) groups is 1. The Kier molecular flexibility index (Phi) is 4.55. The Labute approximate surface area is 140 Å². The van der Waals surface area contributed by atoms with Crippen LogP contribution in [-0.4, -0.2) is 37.7 Å². The van der Waals surface area contributed by atoms with Gasteiger partial charge in [0.05, 0.1) is 10.2 Å². The van der Waals surface area contributed by atoms with Gasteiger partial charge >= 0.3 is 6.03 Å². The molecule has 1 saturated carbocycles. The van der Waals surface area contributed by atoms with Crippen molar-refractivity contribution in [1.82, 2.24) is 14.8 Å². The maximum atomic E-state index is 12.3. The first kappa shape index (κ1) is 16.8. The first-order valence-corrected chi connectivity index (χ1v) is 9.41. The highest BCUT2D eigenvalue weighted by Gasteiger charge is 2.41. The highest BCUT2D eigenvalue weighted by molar-refractivity contribution is 7.90. The number of benzene rings is 1. The monoisotopic (exact) mass is 352 g/mol. The number of nitrogens with one attached hydrogen (secondary N) is 1. The molecule has 24 heavy (non-hydrogen) atoms. The first-order chi connectivity index (χ1) is 11.4. The molecular formula is C15H20N4O4S. The summed E-state index contributed by atoms with van der Waals surface area (Å²) < 4.78 is 26.4. The number of rotatable bonds is 4. The molecule has 1 aliphatic heterocycles. The van der Waals surface area contributed by atoms with Gasteiger partial charge in [0, 0.05) is 13.1 Å². The van der Waals surface area contributed by atoms with Crippen molar-refractivity contribution in [2.75, 3.05) is 13.1 Å². The van der Waals surface area contributed by atoms with Gasteiger partial charge in [0.25, 0.3) is 10.0 Å². The predicted octanol–water partition coefficient (Wildman–Crippen LogP) is 2.02. The largest absolute Gasteiger partial charge is 0.369 e. The number of hydrazine groups is 1. The molecule has 1 saturated heterocycles. The second-order valence-electron chi connectivity index (χ2n) is 6.42. The van der Waals surface area contributed by atoms with Crippen molar-refractivity contribution in [3.63, 3.8) is 0 Å². The number of carbonyl (C=O) groups excluding carboxylic acids is 1. The van der Waals surface area contributed by atoms with Gasteiger partial charge < -0.3 is 0 Å². The van der Waals surface area contributed by atoms with Gasteiger partial charge in [0.1, 0.15) is 0 Å². The molecule has 1 aromatic rings. The third-order valence-electron chi connectivity index (χ3n) is 4.79. The Balaban J connectivity index is 1.70. The van der Waals surface area contributed by atoms with E-state index < -0.39 is 16.1 Å². The Hall–Kier alpha value is -2.00. The molecule has 2 fully saturated rings. The summed E-state index contributed by atoms with van der Waals surface area (Å²) in [7, 11) is -4.05. The standard InChI is InChI=1S/C15H20N4O4S/c1-11-5-7-14(8-6-11)24(22,23)16-15(20)19(17-21)18-9-12-3-2-4-13(12)10-18/h5-8,12-13H,2-4,9-10H2,1H3,(H,16,20). The molecule has 1 heterocycles. The topological polar surface area (TPSA) is 99.1 Å². The lowest BCUT2D eigenvalue weighted by Crippen LogP contribution is -2.48. The molecule has 9 heteroatoms. The Morgan fingerprint density at radius 1 is 1.21 bits per heavy atom. The zero-order chi connectivity index (χ0) is 17.3. The van der Waals surface area contributed by atoms with Crippen molar-refractivity contribution in [3.05, 3.63) is 34.7 Å². The van der Waals surface area contributed by atoms with Crippen LogP contribution in [0.3, 0.4) is 0 Å². The van der Waals surface area contributed by atoms with Crippen LogP contribution in [0.15, 0.2) is 34.4 Å². The lowest BCUT2D eigenvalue weighted by molar-refractivity contribution is 0.0315. The van der Waals surface area contributed by atoms with E-state index in [0.717, 1.165) is 24.8 Å². The van der Waals surface area contributed by atoms with Gasteiger partial charge in [-0.1, -0.05) is 24.1 Å². The number of aryl methyl sites for hydroxylation is 1. The van der Waals surface area contributed by atoms with Gasteiger partial charge in [-0.15, -0.1) is 10.0 Å². The van der Waals surface area contributed by atoms with Gasteiger partial charge in [-0.3, -0.25) is 0 Å². The molecule has 2 aliphatic rings. The number of hydrogen-bond donors (Lipinski definition) is 1. The van der Waals surface area contributed by atoms with E-state index in [-0.39, 0.29) is 4.90 Å². The predicted molar refractivity (Wildman–Crippen MR) is 86.9 cm³/mol. The van der Waals surface area contributed by atoms with Crippen molar-refractivity contribution >= 4 is 16.1 Å². The molecule has 8 nitrogen and oxygen atoms in total. The third kappa shape index (κ3) is 3.27. The summed E-state index contributed by atoms with van der Waals surface area (Å²) in [4.78, 5) is 23.3. The first-order valence-electron chi connectivity index (χ1n) is 7.92. The van der Waals surface area contributed by atoms with Crippen molar-refractivity contribution in [2.24, 2.45) is 17.1 Å². The van der Waals surface area contributed by atoms with E-state index in [1.807, 2.05) is 11.6 Å². The van der Waals surface area contributed by atoms with E-state index in [2.05, 4.69) is 5.29 Å². The van der Waals surface area contributed by atoms with E-state index in [0.29, 0.717) is 30.0 Å². The van der Waals surface area contributed by atoms with Crippen LogP contribution in [0.2, 0.25) is 0 Å². The number of hydrogen-bond acceptors (Lipinski definition) is 6. The molecule has 2 amide bonds. The van der Waals surface area contributed by atoms with Crippen molar-refractivity contribution in [3.8, 4) is 0 Å². The highest BCUT2D eigenvalue weighted by Crippen LogP contribution is 2.38.